The van der Waals surface area contributed by atoms with E-state index >= 15 is 0 Å². The largest absolute Gasteiger partial charge is 0.349 e. The Labute approximate surface area is 81.7 Å². The summed E-state index contributed by atoms with van der Waals surface area (Å²) in [5.41, 5.74) is 2.97. The van der Waals surface area contributed by atoms with Crippen LogP contribution < -0.4 is 16.6 Å². The fraction of sp³-hybridized carbons (Fsp3) is 0.333. The van der Waals surface area contributed by atoms with Crippen LogP contribution >= 0.6 is 0 Å². The van der Waals surface area contributed by atoms with Crippen LogP contribution in [0.3, 0.4) is 0 Å². The molecule has 1 amide bonds. The fourth-order valence-corrected chi connectivity index (χ4v) is 1.11. The molecule has 0 aromatic carbocycles. The molecule has 5 nitrogen and oxygen atoms in total. The summed E-state index contributed by atoms with van der Waals surface area (Å²) in [5, 5.41) is 2.88. The molecule has 2 rings (SSSR count). The van der Waals surface area contributed by atoms with Crippen LogP contribution in [0.15, 0.2) is 18.3 Å². The number of amides is 1. The molecular weight excluding hydrogens is 180 g/mol. The van der Waals surface area contributed by atoms with Crippen molar-refractivity contribution >= 4 is 11.7 Å². The molecule has 1 fully saturated rings. The number of hydrogen-bond acceptors (Lipinski definition) is 4. The minimum absolute atomic E-state index is 0.0661. The Bertz CT molecular complexity index is 331. The lowest BCUT2D eigenvalue weighted by Crippen LogP contribution is -2.25. The standard InChI is InChI=1S/C9H12N4O/c10-13-8-4-1-6(5-11-8)9(14)12-7-2-3-7/h1,4-5,7H,2-3,10H2,(H,11,13)(H,12,14). The van der Waals surface area contributed by atoms with Gasteiger partial charge in [0.1, 0.15) is 5.82 Å². The van der Waals surface area contributed by atoms with E-state index in [1.54, 1.807) is 12.1 Å². The third-order valence-electron chi connectivity index (χ3n) is 2.09. The van der Waals surface area contributed by atoms with Crippen LogP contribution in [-0.2, 0) is 0 Å². The molecule has 0 saturated heterocycles. The van der Waals surface area contributed by atoms with E-state index in [4.69, 9.17) is 5.84 Å². The van der Waals surface area contributed by atoms with E-state index in [9.17, 15) is 4.79 Å². The van der Waals surface area contributed by atoms with E-state index in [0.29, 0.717) is 17.4 Å². The molecule has 1 heterocycles. The van der Waals surface area contributed by atoms with Crippen molar-refractivity contribution in [3.63, 3.8) is 0 Å². The molecule has 0 aliphatic heterocycles. The molecule has 74 valence electrons. The van der Waals surface area contributed by atoms with Gasteiger partial charge in [0, 0.05) is 12.2 Å². The number of nitrogens with zero attached hydrogens (tertiary/aromatic N) is 1. The number of nitrogens with one attached hydrogen (secondary N) is 2. The zero-order valence-electron chi connectivity index (χ0n) is 7.66. The lowest BCUT2D eigenvalue weighted by Gasteiger charge is -2.03. The molecule has 0 spiro atoms. The minimum Gasteiger partial charge on any atom is -0.349 e. The molecule has 0 atom stereocenters. The van der Waals surface area contributed by atoms with Gasteiger partial charge in [0.05, 0.1) is 5.56 Å². The monoisotopic (exact) mass is 192 g/mol. The Hall–Kier alpha value is -1.62. The maximum absolute atomic E-state index is 11.5. The van der Waals surface area contributed by atoms with Crippen molar-refractivity contribution in [2.24, 2.45) is 5.84 Å². The van der Waals surface area contributed by atoms with Crippen LogP contribution in [0.1, 0.15) is 23.2 Å². The van der Waals surface area contributed by atoms with E-state index in [1.807, 2.05) is 0 Å². The van der Waals surface area contributed by atoms with Gasteiger partial charge in [-0.25, -0.2) is 10.8 Å². The Balaban J connectivity index is 2.03. The van der Waals surface area contributed by atoms with Crippen molar-refractivity contribution in [2.45, 2.75) is 18.9 Å². The highest BCUT2D eigenvalue weighted by Crippen LogP contribution is 2.19. The van der Waals surface area contributed by atoms with Crippen molar-refractivity contribution in [2.75, 3.05) is 5.43 Å². The summed E-state index contributed by atoms with van der Waals surface area (Å²) < 4.78 is 0. The van der Waals surface area contributed by atoms with Crippen LogP contribution in [0.25, 0.3) is 0 Å². The van der Waals surface area contributed by atoms with Crippen LogP contribution in [0.5, 0.6) is 0 Å². The Morgan fingerprint density at radius 1 is 1.50 bits per heavy atom. The highest BCUT2D eigenvalue weighted by molar-refractivity contribution is 5.94. The number of pyridine rings is 1. The average molecular weight is 192 g/mol. The quantitative estimate of drug-likeness (QED) is 0.474. The molecule has 1 aliphatic rings. The number of rotatable bonds is 3. The number of hydrogen-bond donors (Lipinski definition) is 3. The first-order valence-corrected chi connectivity index (χ1v) is 4.53. The summed E-state index contributed by atoms with van der Waals surface area (Å²) in [7, 11) is 0. The third kappa shape index (κ3) is 2.00. The topological polar surface area (TPSA) is 80.0 Å². The molecule has 0 bridgehead atoms. The van der Waals surface area contributed by atoms with Gasteiger partial charge < -0.3 is 10.7 Å². The van der Waals surface area contributed by atoms with Crippen molar-refractivity contribution in [3.05, 3.63) is 23.9 Å². The fourth-order valence-electron chi connectivity index (χ4n) is 1.11. The molecule has 1 aromatic heterocycles. The predicted molar refractivity (Wildman–Crippen MR) is 52.5 cm³/mol. The van der Waals surface area contributed by atoms with Gasteiger partial charge in [-0.15, -0.1) is 0 Å². The summed E-state index contributed by atoms with van der Waals surface area (Å²) in [4.78, 5) is 15.4. The second-order valence-electron chi connectivity index (χ2n) is 3.32. The van der Waals surface area contributed by atoms with Gasteiger partial charge in [-0.2, -0.15) is 0 Å². The highest BCUT2D eigenvalue weighted by atomic mass is 16.1. The van der Waals surface area contributed by atoms with Gasteiger partial charge in [-0.05, 0) is 25.0 Å². The summed E-state index contributed by atoms with van der Waals surface area (Å²) in [6, 6.07) is 3.73. The Kier molecular flexibility index (Phi) is 2.32. The van der Waals surface area contributed by atoms with E-state index < -0.39 is 0 Å². The zero-order chi connectivity index (χ0) is 9.97. The lowest BCUT2D eigenvalue weighted by molar-refractivity contribution is 0.0951. The molecule has 1 saturated carbocycles. The molecule has 1 aromatic rings. The summed E-state index contributed by atoms with van der Waals surface area (Å²) in [6.07, 6.45) is 3.68. The third-order valence-corrected chi connectivity index (χ3v) is 2.09. The summed E-state index contributed by atoms with van der Waals surface area (Å²) >= 11 is 0. The average Bonchev–Trinajstić information content (AvgIpc) is 3.02. The number of carbonyl (C=O) groups is 1. The van der Waals surface area contributed by atoms with Crippen molar-refractivity contribution in [3.8, 4) is 0 Å². The normalized spacial score (nSPS) is 14.9. The Morgan fingerprint density at radius 2 is 2.29 bits per heavy atom. The molecular formula is C9H12N4O. The highest BCUT2D eigenvalue weighted by Gasteiger charge is 2.23. The van der Waals surface area contributed by atoms with E-state index in [1.165, 1.54) is 6.20 Å². The van der Waals surface area contributed by atoms with Crippen LogP contribution in [0.2, 0.25) is 0 Å². The maximum Gasteiger partial charge on any atom is 0.253 e. The van der Waals surface area contributed by atoms with Gasteiger partial charge in [0.15, 0.2) is 0 Å². The van der Waals surface area contributed by atoms with Crippen molar-refractivity contribution < 1.29 is 4.79 Å². The number of hydrazine groups is 1. The summed E-state index contributed by atoms with van der Waals surface area (Å²) in [6.45, 7) is 0. The van der Waals surface area contributed by atoms with E-state index in [-0.39, 0.29) is 5.91 Å². The van der Waals surface area contributed by atoms with Gasteiger partial charge in [0.25, 0.3) is 5.91 Å². The first-order chi connectivity index (χ1) is 6.79. The number of anilines is 1. The van der Waals surface area contributed by atoms with Gasteiger partial charge in [-0.1, -0.05) is 0 Å². The number of nitrogens with two attached hydrogens (primary N) is 1. The van der Waals surface area contributed by atoms with Crippen LogP contribution in [0, 0.1) is 0 Å². The van der Waals surface area contributed by atoms with Gasteiger partial charge >= 0.3 is 0 Å². The molecule has 14 heavy (non-hydrogen) atoms. The van der Waals surface area contributed by atoms with Gasteiger partial charge in [-0.3, -0.25) is 4.79 Å². The summed E-state index contributed by atoms with van der Waals surface area (Å²) in [5.74, 6) is 5.64. The number of aromatic nitrogens is 1. The van der Waals surface area contributed by atoms with E-state index in [2.05, 4.69) is 15.7 Å². The number of carbonyl (C=O) groups excluding carboxylic acids is 1. The molecule has 0 radical (unpaired) electrons. The SMILES string of the molecule is NNc1ccc(C(=O)NC2CC2)cn1. The van der Waals surface area contributed by atoms with Crippen molar-refractivity contribution in [1.29, 1.82) is 0 Å². The second-order valence-corrected chi connectivity index (χ2v) is 3.32. The van der Waals surface area contributed by atoms with Gasteiger partial charge in [0.2, 0.25) is 0 Å². The van der Waals surface area contributed by atoms with Crippen LogP contribution in [0.4, 0.5) is 5.82 Å². The van der Waals surface area contributed by atoms with Crippen LogP contribution in [-0.4, -0.2) is 16.9 Å². The smallest absolute Gasteiger partial charge is 0.253 e. The molecule has 4 N–H and O–H groups in total. The van der Waals surface area contributed by atoms with E-state index in [0.717, 1.165) is 12.8 Å². The number of nitrogen functional groups attached to an aromatic ring is 1. The van der Waals surface area contributed by atoms with Crippen molar-refractivity contribution in [1.82, 2.24) is 10.3 Å². The molecule has 1 aliphatic carbocycles. The Morgan fingerprint density at radius 3 is 2.79 bits per heavy atom. The molecule has 0 unspecified atom stereocenters. The predicted octanol–water partition coefficient (Wildman–Crippen LogP) is 0.259. The lowest BCUT2D eigenvalue weighted by atomic mass is 10.2. The minimum atomic E-state index is -0.0661. The first kappa shape index (κ1) is 8.96. The molecule has 5 heteroatoms. The first-order valence-electron chi connectivity index (χ1n) is 4.53. The second kappa shape index (κ2) is 3.63. The maximum atomic E-state index is 11.5. The zero-order valence-corrected chi connectivity index (χ0v) is 7.66.